The van der Waals surface area contributed by atoms with Gasteiger partial charge in [0, 0.05) is 20.1 Å². The van der Waals surface area contributed by atoms with E-state index in [-0.39, 0.29) is 23.2 Å². The second-order valence-electron chi connectivity index (χ2n) is 8.94. The Kier molecular flexibility index (Phi) is 10.7. The lowest BCUT2D eigenvalue weighted by molar-refractivity contribution is -0.111. The van der Waals surface area contributed by atoms with Gasteiger partial charge in [0.25, 0.3) is 0 Å². The first-order chi connectivity index (χ1) is 12.3. The van der Waals surface area contributed by atoms with Gasteiger partial charge >= 0.3 is 0 Å². The number of aliphatic hydroxyl groups is 1. The largest absolute Gasteiger partial charge is 0.393 e. The summed E-state index contributed by atoms with van der Waals surface area (Å²) in [7, 11) is 1.73. The van der Waals surface area contributed by atoms with Crippen LogP contribution in [0.5, 0.6) is 0 Å². The average Bonchev–Trinajstić information content (AvgIpc) is 2.80. The van der Waals surface area contributed by atoms with Gasteiger partial charge in [-0.05, 0) is 57.3 Å². The number of hydrogen-bond acceptors (Lipinski definition) is 4. The van der Waals surface area contributed by atoms with Gasteiger partial charge in [-0.1, -0.05) is 33.6 Å². The highest BCUT2D eigenvalue weighted by Crippen LogP contribution is 2.40. The van der Waals surface area contributed by atoms with Gasteiger partial charge < -0.3 is 19.3 Å². The smallest absolute Gasteiger partial charge is 0.0776 e. The van der Waals surface area contributed by atoms with Gasteiger partial charge in [0.2, 0.25) is 0 Å². The van der Waals surface area contributed by atoms with E-state index in [0.29, 0.717) is 12.5 Å². The monoisotopic (exact) mass is 372 g/mol. The van der Waals surface area contributed by atoms with Crippen molar-refractivity contribution in [1.82, 2.24) is 0 Å². The zero-order valence-electron chi connectivity index (χ0n) is 18.2. The molecule has 4 unspecified atom stereocenters. The van der Waals surface area contributed by atoms with Crippen LogP contribution in [-0.2, 0) is 14.2 Å². The number of ether oxygens (including phenoxy) is 3. The fourth-order valence-corrected chi connectivity index (χ4v) is 4.30. The van der Waals surface area contributed by atoms with Gasteiger partial charge in [0.05, 0.1) is 31.0 Å². The normalized spacial score (nSPS) is 27.1. The highest BCUT2D eigenvalue weighted by atomic mass is 16.5. The summed E-state index contributed by atoms with van der Waals surface area (Å²) in [5.41, 5.74) is 0.00899. The third-order valence-corrected chi connectivity index (χ3v) is 6.22. The third kappa shape index (κ3) is 8.24. The zero-order valence-corrected chi connectivity index (χ0v) is 18.2. The molecule has 0 heterocycles. The fourth-order valence-electron chi connectivity index (χ4n) is 4.30. The van der Waals surface area contributed by atoms with E-state index in [1.807, 2.05) is 13.8 Å². The molecule has 1 N–H and O–H groups in total. The highest BCUT2D eigenvalue weighted by Gasteiger charge is 2.35. The number of methoxy groups -OCH3 is 1. The molecule has 26 heavy (non-hydrogen) atoms. The Morgan fingerprint density at radius 3 is 2.46 bits per heavy atom. The van der Waals surface area contributed by atoms with Crippen LogP contribution >= 0.6 is 0 Å². The number of aliphatic hydroxyl groups excluding tert-OH is 1. The SMILES string of the molecule is CCC(CC)(CC(C)O)OCC1(C)CCCCC(COCC(C)OC)C1. The summed E-state index contributed by atoms with van der Waals surface area (Å²) in [5, 5.41) is 9.89. The minimum absolute atomic E-state index is 0.158. The Morgan fingerprint density at radius 1 is 1.19 bits per heavy atom. The summed E-state index contributed by atoms with van der Waals surface area (Å²) in [6, 6.07) is 0. The van der Waals surface area contributed by atoms with Crippen molar-refractivity contribution >= 4 is 0 Å². The molecular formula is C22H44O4. The summed E-state index contributed by atoms with van der Waals surface area (Å²) in [4.78, 5) is 0. The van der Waals surface area contributed by atoms with Crippen LogP contribution in [0.4, 0.5) is 0 Å². The highest BCUT2D eigenvalue weighted by molar-refractivity contribution is 4.85. The van der Waals surface area contributed by atoms with Crippen LogP contribution in [0.1, 0.15) is 86.0 Å². The third-order valence-electron chi connectivity index (χ3n) is 6.22. The maximum atomic E-state index is 9.89. The molecular weight excluding hydrogens is 328 g/mol. The number of rotatable bonds is 12. The maximum Gasteiger partial charge on any atom is 0.0776 e. The van der Waals surface area contributed by atoms with Crippen molar-refractivity contribution in [3.05, 3.63) is 0 Å². The predicted octanol–water partition coefficient (Wildman–Crippen LogP) is 4.97. The van der Waals surface area contributed by atoms with Crippen LogP contribution < -0.4 is 0 Å². The quantitative estimate of drug-likeness (QED) is 0.491. The molecule has 1 aliphatic carbocycles. The minimum Gasteiger partial charge on any atom is -0.393 e. The van der Waals surface area contributed by atoms with E-state index in [2.05, 4.69) is 20.8 Å². The Balaban J connectivity index is 2.61. The molecule has 4 atom stereocenters. The maximum absolute atomic E-state index is 9.89. The standard InChI is InChI=1S/C22H44O4/c1-7-22(8-2,13-18(3)23)26-17-21(5)12-10-9-11-20(14-21)16-25-15-19(4)24-6/h18-20,23H,7-17H2,1-6H3. The summed E-state index contributed by atoms with van der Waals surface area (Å²) in [5.74, 6) is 0.601. The Bertz CT molecular complexity index is 367. The molecule has 0 amide bonds. The minimum atomic E-state index is -0.319. The lowest BCUT2D eigenvalue weighted by Gasteiger charge is -2.39. The molecule has 4 nitrogen and oxygen atoms in total. The summed E-state index contributed by atoms with van der Waals surface area (Å²) >= 11 is 0. The van der Waals surface area contributed by atoms with Crippen LogP contribution in [0.3, 0.4) is 0 Å². The van der Waals surface area contributed by atoms with Crippen molar-refractivity contribution in [3.63, 3.8) is 0 Å². The van der Waals surface area contributed by atoms with Crippen molar-refractivity contribution < 1.29 is 19.3 Å². The van der Waals surface area contributed by atoms with Crippen LogP contribution in [0.2, 0.25) is 0 Å². The van der Waals surface area contributed by atoms with Crippen molar-refractivity contribution in [1.29, 1.82) is 0 Å². The molecule has 0 aromatic heterocycles. The Hall–Kier alpha value is -0.160. The molecule has 0 aromatic carbocycles. The van der Waals surface area contributed by atoms with E-state index in [0.717, 1.165) is 38.9 Å². The lowest BCUT2D eigenvalue weighted by atomic mass is 9.79. The first kappa shape index (κ1) is 23.9. The summed E-state index contributed by atoms with van der Waals surface area (Å²) in [6.45, 7) is 12.9. The van der Waals surface area contributed by atoms with Crippen LogP contribution in [0.15, 0.2) is 0 Å². The fraction of sp³-hybridized carbons (Fsp3) is 1.00. The molecule has 0 saturated heterocycles. The average molecular weight is 373 g/mol. The Morgan fingerprint density at radius 2 is 1.88 bits per heavy atom. The Labute approximate surface area is 162 Å². The number of hydrogen-bond donors (Lipinski definition) is 1. The molecule has 1 rings (SSSR count). The second-order valence-corrected chi connectivity index (χ2v) is 8.94. The van der Waals surface area contributed by atoms with E-state index in [1.165, 1.54) is 25.7 Å². The van der Waals surface area contributed by atoms with Gasteiger partial charge in [-0.3, -0.25) is 0 Å². The summed E-state index contributed by atoms with van der Waals surface area (Å²) in [6.07, 6.45) is 8.64. The van der Waals surface area contributed by atoms with Crippen molar-refractivity contribution in [2.45, 2.75) is 104 Å². The second kappa shape index (κ2) is 11.6. The van der Waals surface area contributed by atoms with E-state index in [9.17, 15) is 5.11 Å². The molecule has 0 radical (unpaired) electrons. The van der Waals surface area contributed by atoms with Gasteiger partial charge in [-0.2, -0.15) is 0 Å². The van der Waals surface area contributed by atoms with Crippen molar-refractivity contribution in [2.24, 2.45) is 11.3 Å². The van der Waals surface area contributed by atoms with E-state index >= 15 is 0 Å². The molecule has 0 spiro atoms. The van der Waals surface area contributed by atoms with Crippen LogP contribution in [0, 0.1) is 11.3 Å². The first-order valence-electron chi connectivity index (χ1n) is 10.7. The van der Waals surface area contributed by atoms with E-state index < -0.39 is 0 Å². The molecule has 0 aromatic rings. The van der Waals surface area contributed by atoms with Crippen LogP contribution in [-0.4, -0.2) is 49.8 Å². The van der Waals surface area contributed by atoms with Gasteiger partial charge in [-0.25, -0.2) is 0 Å². The van der Waals surface area contributed by atoms with Crippen molar-refractivity contribution in [2.75, 3.05) is 26.9 Å². The van der Waals surface area contributed by atoms with Gasteiger partial charge in [0.15, 0.2) is 0 Å². The molecule has 1 saturated carbocycles. The zero-order chi connectivity index (χ0) is 19.6. The van der Waals surface area contributed by atoms with Crippen molar-refractivity contribution in [3.8, 4) is 0 Å². The molecule has 0 bridgehead atoms. The molecule has 156 valence electrons. The molecule has 0 aliphatic heterocycles. The van der Waals surface area contributed by atoms with E-state index in [4.69, 9.17) is 14.2 Å². The van der Waals surface area contributed by atoms with E-state index in [1.54, 1.807) is 7.11 Å². The topological polar surface area (TPSA) is 47.9 Å². The van der Waals surface area contributed by atoms with Gasteiger partial charge in [-0.15, -0.1) is 0 Å². The predicted molar refractivity (Wildman–Crippen MR) is 108 cm³/mol. The van der Waals surface area contributed by atoms with Crippen LogP contribution in [0.25, 0.3) is 0 Å². The first-order valence-corrected chi connectivity index (χ1v) is 10.7. The van der Waals surface area contributed by atoms with Gasteiger partial charge in [0.1, 0.15) is 0 Å². The molecule has 4 heteroatoms. The molecule has 1 fully saturated rings. The summed E-state index contributed by atoms with van der Waals surface area (Å²) < 4.78 is 17.7. The lowest BCUT2D eigenvalue weighted by Crippen LogP contribution is -2.39. The molecule has 1 aliphatic rings.